The summed E-state index contributed by atoms with van der Waals surface area (Å²) in [5.41, 5.74) is 6.47. The summed E-state index contributed by atoms with van der Waals surface area (Å²) in [6, 6.07) is 12.0. The van der Waals surface area contributed by atoms with Crippen molar-refractivity contribution >= 4 is 16.7 Å². The van der Waals surface area contributed by atoms with E-state index >= 15 is 0 Å². The fourth-order valence-electron chi connectivity index (χ4n) is 2.14. The van der Waals surface area contributed by atoms with Crippen LogP contribution < -0.4 is 10.5 Å². The highest BCUT2D eigenvalue weighted by atomic mass is 16.5. The molecular weight excluding hydrogens is 252 g/mol. The summed E-state index contributed by atoms with van der Waals surface area (Å²) in [5, 5.41) is 2.29. The van der Waals surface area contributed by atoms with Crippen molar-refractivity contribution in [3.05, 3.63) is 42.0 Å². The first-order valence-corrected chi connectivity index (χ1v) is 6.57. The van der Waals surface area contributed by atoms with Gasteiger partial charge in [0.2, 0.25) is 5.91 Å². The summed E-state index contributed by atoms with van der Waals surface area (Å²) in [6.45, 7) is 2.50. The second-order valence-electron chi connectivity index (χ2n) is 5.04. The molecular formula is C16H20N2O2. The van der Waals surface area contributed by atoms with Crippen LogP contribution in [-0.2, 0) is 11.3 Å². The molecule has 4 nitrogen and oxygen atoms in total. The highest BCUT2D eigenvalue weighted by Gasteiger charge is 2.14. The highest BCUT2D eigenvalue weighted by molar-refractivity contribution is 5.84. The second-order valence-corrected chi connectivity index (χ2v) is 5.04. The maximum atomic E-state index is 11.2. The van der Waals surface area contributed by atoms with Gasteiger partial charge in [0.05, 0.1) is 13.2 Å². The molecule has 0 fully saturated rings. The van der Waals surface area contributed by atoms with Gasteiger partial charge in [-0.3, -0.25) is 9.69 Å². The highest BCUT2D eigenvalue weighted by Crippen LogP contribution is 2.22. The molecule has 0 bridgehead atoms. The third kappa shape index (κ3) is 3.08. The summed E-state index contributed by atoms with van der Waals surface area (Å²) in [4.78, 5) is 13.1. The number of ether oxygens (including phenoxy) is 1. The van der Waals surface area contributed by atoms with Crippen molar-refractivity contribution in [1.29, 1.82) is 0 Å². The zero-order chi connectivity index (χ0) is 14.7. The van der Waals surface area contributed by atoms with Crippen LogP contribution in [0, 0.1) is 0 Å². The predicted molar refractivity (Wildman–Crippen MR) is 80.6 cm³/mol. The monoisotopic (exact) mass is 272 g/mol. The standard InChI is InChI=1S/C16H20N2O2/c1-11(16(17)19)18(2)10-12-4-5-14-9-15(20-3)7-6-13(14)8-12/h4-9,11H,10H2,1-3H3,(H2,17,19)/t11-/m0/s1. The van der Waals surface area contributed by atoms with Crippen molar-refractivity contribution in [2.75, 3.05) is 14.2 Å². The summed E-state index contributed by atoms with van der Waals surface area (Å²) in [5.74, 6) is 0.544. The van der Waals surface area contributed by atoms with E-state index in [0.29, 0.717) is 6.54 Å². The molecule has 0 unspecified atom stereocenters. The molecule has 0 saturated heterocycles. The van der Waals surface area contributed by atoms with Gasteiger partial charge in [-0.25, -0.2) is 0 Å². The largest absolute Gasteiger partial charge is 0.497 e. The molecule has 2 N–H and O–H groups in total. The van der Waals surface area contributed by atoms with Gasteiger partial charge in [0, 0.05) is 6.54 Å². The van der Waals surface area contributed by atoms with Crippen molar-refractivity contribution in [3.8, 4) is 5.75 Å². The molecule has 0 radical (unpaired) electrons. The Morgan fingerprint density at radius 3 is 2.55 bits per heavy atom. The molecule has 2 aromatic carbocycles. The van der Waals surface area contributed by atoms with Crippen LogP contribution >= 0.6 is 0 Å². The Kier molecular flexibility index (Phi) is 4.25. The molecule has 4 heteroatoms. The van der Waals surface area contributed by atoms with Gasteiger partial charge in [0.25, 0.3) is 0 Å². The van der Waals surface area contributed by atoms with E-state index in [1.807, 2.05) is 37.1 Å². The first kappa shape index (κ1) is 14.3. The number of carbonyl (C=O) groups excluding carboxylic acids is 1. The number of nitrogens with two attached hydrogens (primary N) is 1. The van der Waals surface area contributed by atoms with Gasteiger partial charge in [-0.05, 0) is 48.5 Å². The molecule has 0 aliphatic carbocycles. The van der Waals surface area contributed by atoms with Gasteiger partial charge in [-0.2, -0.15) is 0 Å². The van der Waals surface area contributed by atoms with Gasteiger partial charge < -0.3 is 10.5 Å². The number of primary amides is 1. The molecule has 0 aliphatic rings. The minimum absolute atomic E-state index is 0.276. The third-order valence-electron chi connectivity index (χ3n) is 3.62. The minimum Gasteiger partial charge on any atom is -0.497 e. The number of nitrogens with zero attached hydrogens (tertiary/aromatic N) is 1. The van der Waals surface area contributed by atoms with Crippen molar-refractivity contribution in [1.82, 2.24) is 4.90 Å². The summed E-state index contributed by atoms with van der Waals surface area (Å²) in [6.07, 6.45) is 0. The number of rotatable bonds is 5. The lowest BCUT2D eigenvalue weighted by Crippen LogP contribution is -2.39. The number of methoxy groups -OCH3 is 1. The Balaban J connectivity index is 2.22. The van der Waals surface area contributed by atoms with Crippen LogP contribution in [0.1, 0.15) is 12.5 Å². The number of likely N-dealkylation sites (N-methyl/N-ethyl adjacent to an activating group) is 1. The van der Waals surface area contributed by atoms with Crippen LogP contribution in [0.5, 0.6) is 5.75 Å². The van der Waals surface area contributed by atoms with Crippen molar-refractivity contribution < 1.29 is 9.53 Å². The summed E-state index contributed by atoms with van der Waals surface area (Å²) < 4.78 is 5.22. The average Bonchev–Trinajstić information content (AvgIpc) is 2.45. The van der Waals surface area contributed by atoms with Crippen LogP contribution in [0.4, 0.5) is 0 Å². The molecule has 1 atom stereocenters. The number of hydrogen-bond donors (Lipinski definition) is 1. The van der Waals surface area contributed by atoms with E-state index in [1.165, 1.54) is 0 Å². The van der Waals surface area contributed by atoms with Crippen LogP contribution in [0.15, 0.2) is 36.4 Å². The number of benzene rings is 2. The molecule has 0 heterocycles. The zero-order valence-electron chi connectivity index (χ0n) is 12.1. The number of amides is 1. The van der Waals surface area contributed by atoms with E-state index in [4.69, 9.17) is 10.5 Å². The Morgan fingerprint density at radius 2 is 1.90 bits per heavy atom. The molecule has 1 amide bonds. The molecule has 0 aliphatic heterocycles. The first-order chi connectivity index (χ1) is 9.51. The van der Waals surface area contributed by atoms with Crippen molar-refractivity contribution in [2.45, 2.75) is 19.5 Å². The van der Waals surface area contributed by atoms with Crippen LogP contribution in [0.3, 0.4) is 0 Å². The van der Waals surface area contributed by atoms with E-state index in [9.17, 15) is 4.79 Å². The summed E-state index contributed by atoms with van der Waals surface area (Å²) in [7, 11) is 3.56. The lowest BCUT2D eigenvalue weighted by Gasteiger charge is -2.22. The molecule has 0 saturated carbocycles. The topological polar surface area (TPSA) is 55.6 Å². The SMILES string of the molecule is COc1ccc2cc(CN(C)[C@@H](C)C(N)=O)ccc2c1. The first-order valence-electron chi connectivity index (χ1n) is 6.57. The Hall–Kier alpha value is -2.07. The van der Waals surface area contributed by atoms with Crippen molar-refractivity contribution in [3.63, 3.8) is 0 Å². The summed E-state index contributed by atoms with van der Waals surface area (Å²) >= 11 is 0. The second kappa shape index (κ2) is 5.92. The molecule has 106 valence electrons. The van der Waals surface area contributed by atoms with E-state index < -0.39 is 0 Å². The number of hydrogen-bond acceptors (Lipinski definition) is 3. The maximum absolute atomic E-state index is 11.2. The molecule has 0 spiro atoms. The quantitative estimate of drug-likeness (QED) is 0.907. The van der Waals surface area contributed by atoms with Gasteiger partial charge in [0.1, 0.15) is 5.75 Å². The maximum Gasteiger partial charge on any atom is 0.234 e. The Bertz CT molecular complexity index is 625. The number of carbonyl (C=O) groups is 1. The van der Waals surface area contributed by atoms with Crippen molar-refractivity contribution in [2.24, 2.45) is 5.73 Å². The third-order valence-corrected chi connectivity index (χ3v) is 3.62. The normalized spacial score (nSPS) is 12.6. The molecule has 2 rings (SSSR count). The van der Waals surface area contributed by atoms with E-state index in [1.54, 1.807) is 7.11 Å². The average molecular weight is 272 g/mol. The van der Waals surface area contributed by atoms with Gasteiger partial charge in [-0.1, -0.05) is 18.2 Å². The van der Waals surface area contributed by atoms with E-state index in [2.05, 4.69) is 18.2 Å². The smallest absolute Gasteiger partial charge is 0.234 e. The van der Waals surface area contributed by atoms with Crippen LogP contribution in [-0.4, -0.2) is 31.0 Å². The number of fused-ring (bicyclic) bond motifs is 1. The van der Waals surface area contributed by atoms with Gasteiger partial charge >= 0.3 is 0 Å². The van der Waals surface area contributed by atoms with Gasteiger partial charge in [-0.15, -0.1) is 0 Å². The molecule has 2 aromatic rings. The minimum atomic E-state index is -0.307. The predicted octanol–water partition coefficient (Wildman–Crippen LogP) is 2.15. The Morgan fingerprint density at radius 1 is 1.25 bits per heavy atom. The lowest BCUT2D eigenvalue weighted by atomic mass is 10.1. The Labute approximate surface area is 119 Å². The van der Waals surface area contributed by atoms with E-state index in [0.717, 1.165) is 22.1 Å². The fraction of sp³-hybridized carbons (Fsp3) is 0.312. The fourth-order valence-corrected chi connectivity index (χ4v) is 2.14. The lowest BCUT2D eigenvalue weighted by molar-refractivity contribution is -0.122. The van der Waals surface area contributed by atoms with Gasteiger partial charge in [0.15, 0.2) is 0 Å². The van der Waals surface area contributed by atoms with Crippen LogP contribution in [0.2, 0.25) is 0 Å². The van der Waals surface area contributed by atoms with Crippen LogP contribution in [0.25, 0.3) is 10.8 Å². The molecule has 0 aromatic heterocycles. The molecule has 20 heavy (non-hydrogen) atoms. The van der Waals surface area contributed by atoms with E-state index in [-0.39, 0.29) is 11.9 Å². The zero-order valence-corrected chi connectivity index (χ0v) is 12.1.